The average Bonchev–Trinajstić information content (AvgIpc) is 3.20. The van der Waals surface area contributed by atoms with Gasteiger partial charge in [-0.15, -0.1) is 0 Å². The number of ether oxygens (including phenoxy) is 1. The molecule has 0 aliphatic heterocycles. The van der Waals surface area contributed by atoms with Crippen molar-refractivity contribution in [2.45, 2.75) is 70.1 Å². The molecular weight excluding hydrogens is 296 g/mol. The number of hydrogen-bond donors (Lipinski definition) is 2. The van der Waals surface area contributed by atoms with Crippen molar-refractivity contribution in [3.8, 4) is 0 Å². The molecule has 2 fully saturated rings. The molecule has 2 aliphatic carbocycles. The molecule has 0 aromatic carbocycles. The van der Waals surface area contributed by atoms with Gasteiger partial charge in [0.25, 0.3) is 5.56 Å². The lowest BCUT2D eigenvalue weighted by Gasteiger charge is -2.33. The molecule has 6 nitrogen and oxygen atoms in total. The Morgan fingerprint density at radius 3 is 2.52 bits per heavy atom. The number of nitrogens with zero attached hydrogens (tertiary/aromatic N) is 1. The van der Waals surface area contributed by atoms with Gasteiger partial charge in [-0.3, -0.25) is 10.1 Å². The Morgan fingerprint density at radius 2 is 2.00 bits per heavy atom. The van der Waals surface area contributed by atoms with Crippen molar-refractivity contribution in [3.05, 3.63) is 28.2 Å². The lowest BCUT2D eigenvalue weighted by atomic mass is 9.89. The fourth-order valence-corrected chi connectivity index (χ4v) is 2.82. The summed E-state index contributed by atoms with van der Waals surface area (Å²) in [5.74, 6) is 0.464. The van der Waals surface area contributed by atoms with Crippen molar-refractivity contribution in [1.29, 1.82) is 0 Å². The molecule has 0 bridgehead atoms. The smallest absolute Gasteiger partial charge is 0.412 e. The first kappa shape index (κ1) is 16.1. The molecule has 0 spiro atoms. The zero-order valence-electron chi connectivity index (χ0n) is 13.8. The minimum Gasteiger partial charge on any atom is -0.444 e. The summed E-state index contributed by atoms with van der Waals surface area (Å²) in [6.07, 6.45) is 4.31. The Labute approximate surface area is 135 Å². The van der Waals surface area contributed by atoms with Crippen LogP contribution < -0.4 is 10.9 Å². The Balaban J connectivity index is 1.86. The lowest BCUT2D eigenvalue weighted by molar-refractivity contribution is 0.0469. The molecule has 126 valence electrons. The SMILES string of the molecule is CC(C)(C)OC(=O)Nc1cc(C2CC2)cn([C@H]2C[C@@H](O)C2)c1=O. The van der Waals surface area contributed by atoms with Gasteiger partial charge in [0.15, 0.2) is 0 Å². The first-order chi connectivity index (χ1) is 10.7. The summed E-state index contributed by atoms with van der Waals surface area (Å²) >= 11 is 0. The van der Waals surface area contributed by atoms with E-state index in [4.69, 9.17) is 4.74 Å². The quantitative estimate of drug-likeness (QED) is 0.897. The predicted octanol–water partition coefficient (Wildman–Crippen LogP) is 2.77. The van der Waals surface area contributed by atoms with E-state index in [0.717, 1.165) is 18.4 Å². The third-order valence-electron chi connectivity index (χ3n) is 4.23. The van der Waals surface area contributed by atoms with E-state index >= 15 is 0 Å². The van der Waals surface area contributed by atoms with E-state index in [9.17, 15) is 14.7 Å². The van der Waals surface area contributed by atoms with Gasteiger partial charge >= 0.3 is 6.09 Å². The molecule has 0 radical (unpaired) electrons. The first-order valence-corrected chi connectivity index (χ1v) is 8.17. The van der Waals surface area contributed by atoms with Crippen molar-refractivity contribution >= 4 is 11.8 Å². The molecule has 1 amide bonds. The summed E-state index contributed by atoms with van der Waals surface area (Å²) in [6, 6.07) is 1.77. The highest BCUT2D eigenvalue weighted by Crippen LogP contribution is 2.41. The van der Waals surface area contributed by atoms with Crippen molar-refractivity contribution in [2.75, 3.05) is 5.32 Å². The number of aromatic nitrogens is 1. The van der Waals surface area contributed by atoms with Crippen LogP contribution >= 0.6 is 0 Å². The van der Waals surface area contributed by atoms with Crippen LogP contribution in [0.15, 0.2) is 17.1 Å². The molecular formula is C17H24N2O4. The minimum atomic E-state index is -0.622. The highest BCUT2D eigenvalue weighted by Gasteiger charge is 2.32. The van der Waals surface area contributed by atoms with Gasteiger partial charge in [-0.05, 0) is 64.0 Å². The summed E-state index contributed by atoms with van der Waals surface area (Å²) in [5, 5.41) is 12.1. The second kappa shape index (κ2) is 5.67. The molecule has 2 aliphatic rings. The van der Waals surface area contributed by atoms with Crippen LogP contribution in [0.25, 0.3) is 0 Å². The van der Waals surface area contributed by atoms with Crippen LogP contribution in [-0.2, 0) is 4.74 Å². The van der Waals surface area contributed by atoms with Gasteiger partial charge in [0.05, 0.1) is 6.10 Å². The standard InChI is InChI=1S/C17H24N2O4/c1-17(2,3)23-16(22)18-14-6-11(10-4-5-10)9-19(15(14)21)12-7-13(20)8-12/h6,9-10,12-13,20H,4-5,7-8H2,1-3H3,(H,18,22)/t12-,13+. The number of carbonyl (C=O) groups is 1. The number of aliphatic hydroxyl groups excluding tert-OH is 1. The van der Waals surface area contributed by atoms with Gasteiger partial charge in [-0.25, -0.2) is 4.79 Å². The molecule has 6 heteroatoms. The van der Waals surface area contributed by atoms with Crippen LogP contribution in [0.5, 0.6) is 0 Å². The zero-order chi connectivity index (χ0) is 16.8. The van der Waals surface area contributed by atoms with Crippen LogP contribution in [0.2, 0.25) is 0 Å². The first-order valence-electron chi connectivity index (χ1n) is 8.17. The second-order valence-corrected chi connectivity index (χ2v) is 7.58. The molecule has 1 heterocycles. The van der Waals surface area contributed by atoms with E-state index in [-0.39, 0.29) is 23.4 Å². The van der Waals surface area contributed by atoms with Gasteiger partial charge in [-0.1, -0.05) is 0 Å². The molecule has 2 saturated carbocycles. The Hall–Kier alpha value is -1.82. The molecule has 23 heavy (non-hydrogen) atoms. The van der Waals surface area contributed by atoms with Crippen LogP contribution in [0.3, 0.4) is 0 Å². The average molecular weight is 320 g/mol. The van der Waals surface area contributed by atoms with Crippen LogP contribution in [0.4, 0.5) is 10.5 Å². The molecule has 3 rings (SSSR count). The van der Waals surface area contributed by atoms with E-state index in [1.807, 2.05) is 6.20 Å². The lowest BCUT2D eigenvalue weighted by Crippen LogP contribution is -2.38. The molecule has 0 saturated heterocycles. The number of anilines is 1. The van der Waals surface area contributed by atoms with Gasteiger partial charge < -0.3 is 14.4 Å². The van der Waals surface area contributed by atoms with Crippen molar-refractivity contribution in [2.24, 2.45) is 0 Å². The summed E-state index contributed by atoms with van der Waals surface area (Å²) in [7, 11) is 0. The largest absolute Gasteiger partial charge is 0.444 e. The third kappa shape index (κ3) is 3.75. The number of carbonyl (C=O) groups excluding carboxylic acids is 1. The van der Waals surface area contributed by atoms with E-state index in [2.05, 4.69) is 5.32 Å². The number of pyridine rings is 1. The third-order valence-corrected chi connectivity index (χ3v) is 4.23. The number of aliphatic hydroxyl groups is 1. The maximum absolute atomic E-state index is 12.6. The molecule has 0 unspecified atom stereocenters. The molecule has 1 aromatic heterocycles. The van der Waals surface area contributed by atoms with Gasteiger partial charge in [0.1, 0.15) is 11.3 Å². The van der Waals surface area contributed by atoms with E-state index in [1.165, 1.54) is 0 Å². The number of rotatable bonds is 3. The zero-order valence-corrected chi connectivity index (χ0v) is 13.8. The number of nitrogens with one attached hydrogen (secondary N) is 1. The highest BCUT2D eigenvalue weighted by atomic mass is 16.6. The Kier molecular flexibility index (Phi) is 3.96. The highest BCUT2D eigenvalue weighted by molar-refractivity contribution is 5.84. The summed E-state index contributed by atoms with van der Waals surface area (Å²) in [4.78, 5) is 24.6. The Morgan fingerprint density at radius 1 is 1.35 bits per heavy atom. The summed E-state index contributed by atoms with van der Waals surface area (Å²) in [5.41, 5.74) is 0.467. The fourth-order valence-electron chi connectivity index (χ4n) is 2.82. The van der Waals surface area contributed by atoms with E-state index in [0.29, 0.717) is 18.8 Å². The van der Waals surface area contributed by atoms with Gasteiger partial charge in [0.2, 0.25) is 0 Å². The molecule has 2 N–H and O–H groups in total. The van der Waals surface area contributed by atoms with Crippen LogP contribution in [0.1, 0.15) is 64.0 Å². The normalized spacial score (nSPS) is 24.0. The van der Waals surface area contributed by atoms with Gasteiger partial charge in [0, 0.05) is 12.2 Å². The molecule has 1 aromatic rings. The van der Waals surface area contributed by atoms with Crippen molar-refractivity contribution in [3.63, 3.8) is 0 Å². The molecule has 0 atom stereocenters. The Bertz CT molecular complexity index is 664. The van der Waals surface area contributed by atoms with Gasteiger partial charge in [-0.2, -0.15) is 0 Å². The fraction of sp³-hybridized carbons (Fsp3) is 0.647. The van der Waals surface area contributed by atoms with Crippen LogP contribution in [-0.4, -0.2) is 27.5 Å². The van der Waals surface area contributed by atoms with Crippen LogP contribution in [0, 0.1) is 0 Å². The second-order valence-electron chi connectivity index (χ2n) is 7.58. The van der Waals surface area contributed by atoms with Crippen molar-refractivity contribution < 1.29 is 14.6 Å². The number of hydrogen-bond acceptors (Lipinski definition) is 4. The van der Waals surface area contributed by atoms with E-state index < -0.39 is 11.7 Å². The minimum absolute atomic E-state index is 0.00962. The number of amides is 1. The monoisotopic (exact) mass is 320 g/mol. The summed E-state index contributed by atoms with van der Waals surface area (Å²) < 4.78 is 6.89. The maximum atomic E-state index is 12.6. The summed E-state index contributed by atoms with van der Waals surface area (Å²) in [6.45, 7) is 5.34. The topological polar surface area (TPSA) is 80.6 Å². The maximum Gasteiger partial charge on any atom is 0.412 e. The van der Waals surface area contributed by atoms with E-state index in [1.54, 1.807) is 31.4 Å². The van der Waals surface area contributed by atoms with Crippen molar-refractivity contribution in [1.82, 2.24) is 4.57 Å². The predicted molar refractivity (Wildman–Crippen MR) is 86.8 cm³/mol.